The van der Waals surface area contributed by atoms with Crippen LogP contribution < -0.4 is 5.32 Å². The van der Waals surface area contributed by atoms with Gasteiger partial charge in [-0.3, -0.25) is 4.90 Å². The van der Waals surface area contributed by atoms with Crippen molar-refractivity contribution in [3.8, 4) is 0 Å². The number of aromatic nitrogens is 4. The van der Waals surface area contributed by atoms with E-state index in [2.05, 4.69) is 30.4 Å². The van der Waals surface area contributed by atoms with Crippen LogP contribution in [0, 0.1) is 0 Å². The minimum absolute atomic E-state index is 0. The molecule has 6 nitrogen and oxygen atoms in total. The van der Waals surface area contributed by atoms with Gasteiger partial charge in [-0.25, -0.2) is 4.68 Å². The fourth-order valence-electron chi connectivity index (χ4n) is 3.92. The summed E-state index contributed by atoms with van der Waals surface area (Å²) in [5.74, 6) is 1.07. The van der Waals surface area contributed by atoms with Crippen molar-refractivity contribution < 1.29 is 0 Å². The summed E-state index contributed by atoms with van der Waals surface area (Å²) in [5, 5.41) is 16.0. The molecule has 2 heterocycles. The second-order valence-corrected chi connectivity index (χ2v) is 6.65. The van der Waals surface area contributed by atoms with E-state index in [0.29, 0.717) is 11.6 Å². The monoisotopic (exact) mass is 312 g/mol. The number of nitrogens with one attached hydrogen (secondary N) is 1. The molecule has 1 N–H and O–H groups in total. The smallest absolute Gasteiger partial charge is 0.165 e. The molecule has 2 saturated carbocycles. The first-order valence-electron chi connectivity index (χ1n) is 8.10. The number of tetrazole rings is 1. The van der Waals surface area contributed by atoms with Gasteiger partial charge < -0.3 is 5.32 Å². The van der Waals surface area contributed by atoms with Crippen LogP contribution in [0.25, 0.3) is 0 Å². The Bertz CT molecular complexity index is 458. The summed E-state index contributed by atoms with van der Waals surface area (Å²) in [4.78, 5) is 2.66. The zero-order chi connectivity index (χ0) is 13.4. The molecule has 0 aromatic carbocycles. The Morgan fingerprint density at radius 2 is 2.00 bits per heavy atom. The van der Waals surface area contributed by atoms with Crippen molar-refractivity contribution in [2.45, 2.75) is 63.1 Å². The molecule has 1 aliphatic heterocycles. The number of halogens is 1. The molecule has 7 heteroatoms. The number of hydrogen-bond acceptors (Lipinski definition) is 5. The van der Waals surface area contributed by atoms with Crippen LogP contribution in [0.5, 0.6) is 0 Å². The molecule has 0 atom stereocenters. The van der Waals surface area contributed by atoms with Gasteiger partial charge in [0.15, 0.2) is 5.82 Å². The predicted molar refractivity (Wildman–Crippen MR) is 82.4 cm³/mol. The minimum atomic E-state index is 0. The fourth-order valence-corrected chi connectivity index (χ4v) is 3.92. The third-order valence-corrected chi connectivity index (χ3v) is 5.25. The van der Waals surface area contributed by atoms with E-state index in [1.807, 2.05) is 0 Å². The van der Waals surface area contributed by atoms with Crippen LogP contribution in [0.4, 0.5) is 0 Å². The van der Waals surface area contributed by atoms with Gasteiger partial charge in [0.2, 0.25) is 0 Å². The highest BCUT2D eigenvalue weighted by Gasteiger charge is 2.40. The zero-order valence-electron chi connectivity index (χ0n) is 12.5. The van der Waals surface area contributed by atoms with Crippen molar-refractivity contribution in [1.82, 2.24) is 30.4 Å². The molecule has 0 amide bonds. The Labute approximate surface area is 132 Å². The second kappa shape index (κ2) is 6.18. The van der Waals surface area contributed by atoms with Crippen LogP contribution in [0.15, 0.2) is 0 Å². The maximum Gasteiger partial charge on any atom is 0.165 e. The molecule has 3 aliphatic rings. The SMILES string of the molecule is C1CCC2(CC1)CNCCN2Cc1nnnn1C1CC1.Cl. The van der Waals surface area contributed by atoms with E-state index in [-0.39, 0.29) is 12.4 Å². The summed E-state index contributed by atoms with van der Waals surface area (Å²) >= 11 is 0. The van der Waals surface area contributed by atoms with Crippen LogP contribution in [0.1, 0.15) is 56.8 Å². The molecule has 1 aromatic heterocycles. The van der Waals surface area contributed by atoms with E-state index in [0.717, 1.165) is 32.0 Å². The Kier molecular flexibility index (Phi) is 4.47. The third-order valence-electron chi connectivity index (χ3n) is 5.25. The van der Waals surface area contributed by atoms with Gasteiger partial charge in [0.25, 0.3) is 0 Å². The Balaban J connectivity index is 0.00000132. The summed E-state index contributed by atoms with van der Waals surface area (Å²) in [7, 11) is 0. The molecule has 1 spiro atoms. The van der Waals surface area contributed by atoms with E-state index in [4.69, 9.17) is 0 Å². The molecular weight excluding hydrogens is 288 g/mol. The highest BCUT2D eigenvalue weighted by molar-refractivity contribution is 5.85. The van der Waals surface area contributed by atoms with Crippen LogP contribution in [0.3, 0.4) is 0 Å². The minimum Gasteiger partial charge on any atom is -0.314 e. The first-order valence-corrected chi connectivity index (χ1v) is 8.10. The Hall–Kier alpha value is -0.720. The summed E-state index contributed by atoms with van der Waals surface area (Å²) in [6.45, 7) is 4.27. The first kappa shape index (κ1) is 15.2. The lowest BCUT2D eigenvalue weighted by Crippen LogP contribution is -2.61. The lowest BCUT2D eigenvalue weighted by Gasteiger charge is -2.49. The molecule has 1 saturated heterocycles. The van der Waals surface area contributed by atoms with Crippen molar-refractivity contribution in [3.05, 3.63) is 5.82 Å². The van der Waals surface area contributed by atoms with Crippen molar-refractivity contribution >= 4 is 12.4 Å². The van der Waals surface area contributed by atoms with Crippen LogP contribution >= 0.6 is 12.4 Å². The number of nitrogens with zero attached hydrogens (tertiary/aromatic N) is 5. The number of piperazine rings is 1. The molecular formula is C14H25ClN6. The van der Waals surface area contributed by atoms with Crippen molar-refractivity contribution in [1.29, 1.82) is 0 Å². The number of hydrogen-bond donors (Lipinski definition) is 1. The fraction of sp³-hybridized carbons (Fsp3) is 0.929. The summed E-state index contributed by atoms with van der Waals surface area (Å²) in [6, 6.07) is 0.574. The van der Waals surface area contributed by atoms with Crippen molar-refractivity contribution in [2.75, 3.05) is 19.6 Å². The van der Waals surface area contributed by atoms with Gasteiger partial charge in [-0.15, -0.1) is 17.5 Å². The largest absolute Gasteiger partial charge is 0.314 e. The maximum atomic E-state index is 4.29. The molecule has 2 aliphatic carbocycles. The summed E-state index contributed by atoms with van der Waals surface area (Å²) < 4.78 is 2.07. The van der Waals surface area contributed by atoms with E-state index in [1.54, 1.807) is 0 Å². The molecule has 0 unspecified atom stereocenters. The lowest BCUT2D eigenvalue weighted by atomic mass is 9.79. The average molecular weight is 313 g/mol. The molecule has 21 heavy (non-hydrogen) atoms. The van der Waals surface area contributed by atoms with E-state index in [1.165, 1.54) is 44.9 Å². The summed E-state index contributed by atoms with van der Waals surface area (Å²) in [5.41, 5.74) is 0.358. The molecule has 118 valence electrons. The highest BCUT2D eigenvalue weighted by atomic mass is 35.5. The van der Waals surface area contributed by atoms with Gasteiger partial charge in [0.05, 0.1) is 12.6 Å². The van der Waals surface area contributed by atoms with Gasteiger partial charge in [0.1, 0.15) is 0 Å². The molecule has 0 bridgehead atoms. The first-order chi connectivity index (χ1) is 9.87. The standard InChI is InChI=1S/C14H24N6.ClH/c1-2-6-14(7-3-1)11-15-8-9-19(14)10-13-16-17-18-20(13)12-4-5-12;/h12,15H,1-11H2;1H. The van der Waals surface area contributed by atoms with Gasteiger partial charge in [-0.2, -0.15) is 0 Å². The van der Waals surface area contributed by atoms with E-state index in [9.17, 15) is 0 Å². The van der Waals surface area contributed by atoms with Gasteiger partial charge in [-0.1, -0.05) is 19.3 Å². The predicted octanol–water partition coefficient (Wildman–Crippen LogP) is 1.54. The second-order valence-electron chi connectivity index (χ2n) is 6.65. The summed E-state index contributed by atoms with van der Waals surface area (Å²) in [6.07, 6.45) is 9.26. The topological polar surface area (TPSA) is 58.9 Å². The van der Waals surface area contributed by atoms with Gasteiger partial charge >= 0.3 is 0 Å². The van der Waals surface area contributed by atoms with Crippen LogP contribution in [-0.2, 0) is 6.54 Å². The highest BCUT2D eigenvalue weighted by Crippen LogP contribution is 2.37. The van der Waals surface area contributed by atoms with Crippen LogP contribution in [0.2, 0.25) is 0 Å². The Morgan fingerprint density at radius 3 is 2.76 bits per heavy atom. The van der Waals surface area contributed by atoms with Gasteiger partial charge in [-0.05, 0) is 36.1 Å². The van der Waals surface area contributed by atoms with Crippen LogP contribution in [-0.4, -0.2) is 50.3 Å². The Morgan fingerprint density at radius 1 is 1.19 bits per heavy atom. The quantitative estimate of drug-likeness (QED) is 0.917. The molecule has 1 aromatic rings. The molecule has 0 radical (unpaired) electrons. The normalized spacial score (nSPS) is 25.7. The molecule has 4 rings (SSSR count). The molecule has 3 fully saturated rings. The lowest BCUT2D eigenvalue weighted by molar-refractivity contribution is 0.0178. The van der Waals surface area contributed by atoms with E-state index >= 15 is 0 Å². The third kappa shape index (κ3) is 2.94. The van der Waals surface area contributed by atoms with Gasteiger partial charge in [0, 0.05) is 25.2 Å². The maximum absolute atomic E-state index is 4.29. The van der Waals surface area contributed by atoms with Crippen molar-refractivity contribution in [2.24, 2.45) is 0 Å². The van der Waals surface area contributed by atoms with Crippen molar-refractivity contribution in [3.63, 3.8) is 0 Å². The van der Waals surface area contributed by atoms with E-state index < -0.39 is 0 Å². The number of rotatable bonds is 3. The average Bonchev–Trinajstić information content (AvgIpc) is 3.23. The zero-order valence-corrected chi connectivity index (χ0v) is 13.3.